The molecule has 3 heterocycles. The van der Waals surface area contributed by atoms with Crippen LogP contribution in [0.3, 0.4) is 0 Å². The minimum absolute atomic E-state index is 0.102. The fourth-order valence-corrected chi connectivity index (χ4v) is 3.92. The van der Waals surface area contributed by atoms with Crippen molar-refractivity contribution in [1.82, 2.24) is 9.97 Å². The lowest BCUT2D eigenvalue weighted by molar-refractivity contribution is -0.389. The Morgan fingerprint density at radius 2 is 2.04 bits per heavy atom. The van der Waals surface area contributed by atoms with Crippen LogP contribution in [0.4, 0.5) is 11.5 Å². The maximum absolute atomic E-state index is 10.7. The van der Waals surface area contributed by atoms with Crippen LogP contribution >= 0.6 is 0 Å². The van der Waals surface area contributed by atoms with Crippen LogP contribution in [0.1, 0.15) is 37.5 Å². The van der Waals surface area contributed by atoms with Gasteiger partial charge < -0.3 is 19.4 Å². The van der Waals surface area contributed by atoms with E-state index in [-0.39, 0.29) is 5.82 Å². The highest BCUT2D eigenvalue weighted by atomic mass is 16.6. The quantitative estimate of drug-likeness (QED) is 0.639. The lowest BCUT2D eigenvalue weighted by atomic mass is 9.57. The van der Waals surface area contributed by atoms with Crippen LogP contribution in [0.2, 0.25) is 0 Å². The van der Waals surface area contributed by atoms with Gasteiger partial charge in [0.25, 0.3) is 0 Å². The number of aromatic nitrogens is 2. The maximum atomic E-state index is 10.7. The number of rotatable bonds is 3. The van der Waals surface area contributed by atoms with Crippen LogP contribution in [-0.4, -0.2) is 28.0 Å². The first-order valence-corrected chi connectivity index (χ1v) is 7.90. The average molecular weight is 314 g/mol. The van der Waals surface area contributed by atoms with Gasteiger partial charge >= 0.3 is 5.82 Å². The highest BCUT2D eigenvalue weighted by Crippen LogP contribution is 2.56. The molecule has 120 valence electrons. The summed E-state index contributed by atoms with van der Waals surface area (Å²) in [5, 5.41) is 10.7. The number of anilines is 1. The third-order valence-corrected chi connectivity index (χ3v) is 5.27. The SMILES string of the molecule is O=[N+]([O-])c1ccc(N2CCC3(CC2)CC(c2ncco2)C3)cn1. The zero-order valence-electron chi connectivity index (χ0n) is 12.7. The smallest absolute Gasteiger partial charge is 0.363 e. The standard InChI is InChI=1S/C16H18N4O3/c21-20(22)14-2-1-13(11-18-14)19-6-3-16(4-7-19)9-12(10-16)15-17-5-8-23-15/h1-2,5,8,11-12H,3-4,6-7,9-10H2. The van der Waals surface area contributed by atoms with Crippen LogP contribution in [-0.2, 0) is 0 Å². The fraction of sp³-hybridized carbons (Fsp3) is 0.500. The zero-order valence-corrected chi connectivity index (χ0v) is 12.7. The maximum Gasteiger partial charge on any atom is 0.363 e. The van der Waals surface area contributed by atoms with Gasteiger partial charge in [0.15, 0.2) is 12.1 Å². The normalized spacial score (nSPS) is 20.4. The molecule has 2 aromatic rings. The van der Waals surface area contributed by atoms with Gasteiger partial charge in [-0.1, -0.05) is 0 Å². The molecule has 1 saturated heterocycles. The van der Waals surface area contributed by atoms with Crippen molar-refractivity contribution in [3.63, 3.8) is 0 Å². The molecule has 23 heavy (non-hydrogen) atoms. The predicted molar refractivity (Wildman–Crippen MR) is 83.2 cm³/mol. The van der Waals surface area contributed by atoms with Crippen molar-refractivity contribution in [1.29, 1.82) is 0 Å². The number of pyridine rings is 1. The van der Waals surface area contributed by atoms with E-state index in [1.54, 1.807) is 24.7 Å². The summed E-state index contributed by atoms with van der Waals surface area (Å²) < 4.78 is 5.41. The number of hydrogen-bond acceptors (Lipinski definition) is 6. The van der Waals surface area contributed by atoms with Crippen molar-refractivity contribution in [3.8, 4) is 0 Å². The molecule has 2 aliphatic rings. The van der Waals surface area contributed by atoms with E-state index in [1.165, 1.54) is 6.07 Å². The Hall–Kier alpha value is -2.44. The topological polar surface area (TPSA) is 85.3 Å². The van der Waals surface area contributed by atoms with Gasteiger partial charge in [0.1, 0.15) is 6.26 Å². The highest BCUT2D eigenvalue weighted by Gasteiger charge is 2.47. The van der Waals surface area contributed by atoms with Gasteiger partial charge in [-0.3, -0.25) is 0 Å². The molecule has 2 aromatic heterocycles. The summed E-state index contributed by atoms with van der Waals surface area (Å²) >= 11 is 0. The summed E-state index contributed by atoms with van der Waals surface area (Å²) in [6, 6.07) is 3.27. The highest BCUT2D eigenvalue weighted by molar-refractivity contribution is 5.47. The van der Waals surface area contributed by atoms with Gasteiger partial charge in [0.2, 0.25) is 0 Å². The van der Waals surface area contributed by atoms with Crippen molar-refractivity contribution >= 4 is 11.5 Å². The molecule has 1 aliphatic heterocycles. The molecule has 0 N–H and O–H groups in total. The average Bonchev–Trinajstić information content (AvgIpc) is 3.07. The first-order valence-electron chi connectivity index (χ1n) is 7.90. The first kappa shape index (κ1) is 14.2. The van der Waals surface area contributed by atoms with E-state index >= 15 is 0 Å². The summed E-state index contributed by atoms with van der Waals surface area (Å²) in [5.74, 6) is 1.24. The molecule has 0 aromatic carbocycles. The van der Waals surface area contributed by atoms with Crippen LogP contribution < -0.4 is 4.90 Å². The Kier molecular flexibility index (Phi) is 3.28. The molecule has 0 bridgehead atoms. The Morgan fingerprint density at radius 3 is 2.61 bits per heavy atom. The second-order valence-corrected chi connectivity index (χ2v) is 6.59. The molecular formula is C16H18N4O3. The number of oxazole rings is 1. The zero-order chi connectivity index (χ0) is 15.9. The molecule has 7 heteroatoms. The van der Waals surface area contributed by atoms with E-state index < -0.39 is 4.92 Å². The van der Waals surface area contributed by atoms with Crippen molar-refractivity contribution in [3.05, 3.63) is 46.8 Å². The number of nitro groups is 1. The third-order valence-electron chi connectivity index (χ3n) is 5.27. The molecule has 1 spiro atoms. The van der Waals surface area contributed by atoms with E-state index in [1.807, 2.05) is 0 Å². The van der Waals surface area contributed by atoms with Crippen LogP contribution in [0.15, 0.2) is 35.2 Å². The third kappa shape index (κ3) is 2.56. The van der Waals surface area contributed by atoms with Gasteiger partial charge in [-0.2, -0.15) is 0 Å². The second-order valence-electron chi connectivity index (χ2n) is 6.59. The largest absolute Gasteiger partial charge is 0.449 e. The Balaban J connectivity index is 1.35. The molecule has 0 amide bonds. The van der Waals surface area contributed by atoms with E-state index in [0.29, 0.717) is 11.3 Å². The van der Waals surface area contributed by atoms with E-state index in [9.17, 15) is 10.1 Å². The minimum Gasteiger partial charge on any atom is -0.449 e. The van der Waals surface area contributed by atoms with Gasteiger partial charge in [0.05, 0.1) is 11.9 Å². The summed E-state index contributed by atoms with van der Waals surface area (Å²) in [7, 11) is 0. The lowest BCUT2D eigenvalue weighted by Crippen LogP contribution is -2.46. The molecule has 4 rings (SSSR count). The summed E-state index contributed by atoms with van der Waals surface area (Å²) in [4.78, 5) is 20.6. The van der Waals surface area contributed by atoms with E-state index in [0.717, 1.165) is 50.4 Å². The number of hydrogen-bond donors (Lipinski definition) is 0. The fourth-order valence-electron chi connectivity index (χ4n) is 3.92. The van der Waals surface area contributed by atoms with Gasteiger partial charge in [-0.25, -0.2) is 4.98 Å². The van der Waals surface area contributed by atoms with Crippen LogP contribution in [0, 0.1) is 15.5 Å². The van der Waals surface area contributed by atoms with E-state index in [2.05, 4.69) is 14.9 Å². The van der Waals surface area contributed by atoms with Crippen LogP contribution in [0.5, 0.6) is 0 Å². The molecule has 2 fully saturated rings. The van der Waals surface area contributed by atoms with E-state index in [4.69, 9.17) is 4.42 Å². The minimum atomic E-state index is -0.466. The second kappa shape index (κ2) is 5.33. The van der Waals surface area contributed by atoms with Crippen molar-refractivity contribution in [2.24, 2.45) is 5.41 Å². The number of piperidine rings is 1. The molecule has 0 radical (unpaired) electrons. The molecule has 1 saturated carbocycles. The molecule has 7 nitrogen and oxygen atoms in total. The summed E-state index contributed by atoms with van der Waals surface area (Å²) in [6.45, 7) is 1.94. The predicted octanol–water partition coefficient (Wildman–Crippen LogP) is 3.14. The molecule has 0 unspecified atom stereocenters. The van der Waals surface area contributed by atoms with Gasteiger partial charge in [0, 0.05) is 25.1 Å². The molecule has 1 aliphatic carbocycles. The van der Waals surface area contributed by atoms with Crippen molar-refractivity contribution < 1.29 is 9.34 Å². The monoisotopic (exact) mass is 314 g/mol. The summed E-state index contributed by atoms with van der Waals surface area (Å²) in [6.07, 6.45) is 9.55. The van der Waals surface area contributed by atoms with Crippen molar-refractivity contribution in [2.75, 3.05) is 18.0 Å². The van der Waals surface area contributed by atoms with Crippen LogP contribution in [0.25, 0.3) is 0 Å². The van der Waals surface area contributed by atoms with Gasteiger partial charge in [-0.15, -0.1) is 0 Å². The molecular weight excluding hydrogens is 296 g/mol. The Labute approximate surface area is 133 Å². The van der Waals surface area contributed by atoms with Gasteiger partial charge in [-0.05, 0) is 47.1 Å². The molecule has 0 atom stereocenters. The Bertz CT molecular complexity index is 683. The summed E-state index contributed by atoms with van der Waals surface area (Å²) in [5.41, 5.74) is 1.39. The number of nitrogens with zero attached hydrogens (tertiary/aromatic N) is 4. The lowest BCUT2D eigenvalue weighted by Gasteiger charge is -2.51. The first-order chi connectivity index (χ1) is 11.2. The Morgan fingerprint density at radius 1 is 1.26 bits per heavy atom. The van der Waals surface area contributed by atoms with Crippen molar-refractivity contribution in [2.45, 2.75) is 31.6 Å².